The molecule has 0 spiro atoms. The number of carbonyl (C=O) groups excluding carboxylic acids is 1. The lowest BCUT2D eigenvalue weighted by Crippen LogP contribution is -2.26. The van der Waals surface area contributed by atoms with E-state index in [4.69, 9.17) is 9.05 Å². The summed E-state index contributed by atoms with van der Waals surface area (Å²) in [5, 5.41) is 11.4. The van der Waals surface area contributed by atoms with Gasteiger partial charge >= 0.3 is 0 Å². The summed E-state index contributed by atoms with van der Waals surface area (Å²) in [5.41, 5.74) is 1.54. The molecule has 2 heterocycles. The fourth-order valence-electron chi connectivity index (χ4n) is 3.60. The van der Waals surface area contributed by atoms with E-state index in [2.05, 4.69) is 25.5 Å². The number of aromatic nitrogens is 4. The van der Waals surface area contributed by atoms with Crippen molar-refractivity contribution in [3.63, 3.8) is 0 Å². The zero-order valence-corrected chi connectivity index (χ0v) is 20.8. The molecular formula is C26H26N5O4P. The number of carbonyl (C=O) groups is 1. The third-order valence-electron chi connectivity index (χ3n) is 5.20. The quantitative estimate of drug-likeness (QED) is 0.314. The van der Waals surface area contributed by atoms with Gasteiger partial charge in [-0.25, -0.2) is 4.98 Å². The Hall–Kier alpha value is -3.78. The van der Waals surface area contributed by atoms with Gasteiger partial charge in [0, 0.05) is 11.5 Å². The van der Waals surface area contributed by atoms with Crippen molar-refractivity contribution in [2.24, 2.45) is 0 Å². The Kier molecular flexibility index (Phi) is 8.62. The zero-order valence-electron chi connectivity index (χ0n) is 19.9. The summed E-state index contributed by atoms with van der Waals surface area (Å²) in [6.07, 6.45) is 2.85. The summed E-state index contributed by atoms with van der Waals surface area (Å²) >= 11 is 0. The second kappa shape index (κ2) is 12.3. The third-order valence-corrected chi connectivity index (χ3v) is 6.90. The average molecular weight is 503 g/mol. The summed E-state index contributed by atoms with van der Waals surface area (Å²) < 4.78 is 11.5. The minimum Gasteiger partial charge on any atom is -0.331 e. The van der Waals surface area contributed by atoms with Crippen molar-refractivity contribution in [3.05, 3.63) is 101 Å². The van der Waals surface area contributed by atoms with E-state index in [0.29, 0.717) is 18.9 Å². The molecule has 2 N–H and O–H groups in total. The van der Waals surface area contributed by atoms with Gasteiger partial charge in [-0.1, -0.05) is 42.5 Å². The van der Waals surface area contributed by atoms with Gasteiger partial charge in [0.2, 0.25) is 14.3 Å². The Balaban J connectivity index is 1.61. The van der Waals surface area contributed by atoms with Crippen molar-refractivity contribution >= 4 is 25.3 Å². The maximum atomic E-state index is 13.5. The van der Waals surface area contributed by atoms with Gasteiger partial charge in [-0.15, -0.1) is 5.10 Å². The molecule has 0 saturated carbocycles. The molecule has 1 amide bonds. The van der Waals surface area contributed by atoms with Gasteiger partial charge in [-0.05, 0) is 49.2 Å². The third kappa shape index (κ3) is 6.07. The molecule has 0 saturated heterocycles. The molecule has 1 unspecified atom stereocenters. The van der Waals surface area contributed by atoms with Crippen molar-refractivity contribution in [2.75, 3.05) is 18.5 Å². The number of rotatable bonds is 10. The van der Waals surface area contributed by atoms with E-state index in [1.807, 2.05) is 68.4 Å². The van der Waals surface area contributed by atoms with Crippen LogP contribution in [0.5, 0.6) is 0 Å². The lowest BCUT2D eigenvalue weighted by molar-refractivity contribution is -0.116. The van der Waals surface area contributed by atoms with Crippen LogP contribution >= 0.6 is 8.38 Å². The van der Waals surface area contributed by atoms with Gasteiger partial charge in [0.15, 0.2) is 5.82 Å². The molecule has 184 valence electrons. The van der Waals surface area contributed by atoms with Crippen molar-refractivity contribution in [3.8, 4) is 11.5 Å². The monoisotopic (exact) mass is 503 g/mol. The van der Waals surface area contributed by atoms with E-state index in [0.717, 1.165) is 16.4 Å². The molecule has 2 aromatic carbocycles. The molecule has 0 aliphatic rings. The topological polar surface area (TPSA) is 119 Å². The van der Waals surface area contributed by atoms with Gasteiger partial charge in [0.1, 0.15) is 11.4 Å². The van der Waals surface area contributed by atoms with E-state index >= 15 is 0 Å². The molecule has 4 rings (SSSR count). The number of aromatic amines is 1. The fourth-order valence-corrected chi connectivity index (χ4v) is 4.83. The van der Waals surface area contributed by atoms with E-state index in [1.165, 1.54) is 12.4 Å². The minimum atomic E-state index is -1.19. The van der Waals surface area contributed by atoms with Crippen molar-refractivity contribution < 1.29 is 13.8 Å². The molecule has 0 aliphatic carbocycles. The summed E-state index contributed by atoms with van der Waals surface area (Å²) in [5.74, 6) is -0.739. The van der Waals surface area contributed by atoms with Crippen LogP contribution in [0.25, 0.3) is 11.5 Å². The largest absolute Gasteiger partial charge is 0.331 e. The summed E-state index contributed by atoms with van der Waals surface area (Å²) in [7, 11) is -1.19. The lowest BCUT2D eigenvalue weighted by atomic mass is 9.90. The SMILES string of the molecule is CCOP(OCC)c1ccc(C(C(=O)Nc2cnc(-c3cccnn3)[nH]c2=O)c2ccccc2)cc1. The first kappa shape index (κ1) is 25.3. The molecule has 1 atom stereocenters. The fraction of sp³-hybridized carbons (Fsp3) is 0.192. The first-order valence-corrected chi connectivity index (χ1v) is 12.7. The second-order valence-electron chi connectivity index (χ2n) is 7.60. The van der Waals surface area contributed by atoms with Gasteiger partial charge < -0.3 is 19.3 Å². The second-order valence-corrected chi connectivity index (χ2v) is 9.15. The van der Waals surface area contributed by atoms with E-state index < -0.39 is 19.9 Å². The van der Waals surface area contributed by atoms with E-state index in [-0.39, 0.29) is 17.4 Å². The molecule has 0 radical (unpaired) electrons. The van der Waals surface area contributed by atoms with Crippen LogP contribution in [-0.2, 0) is 13.8 Å². The van der Waals surface area contributed by atoms with Crippen LogP contribution in [0.4, 0.5) is 5.69 Å². The Labute approximate surface area is 209 Å². The molecular weight excluding hydrogens is 477 g/mol. The molecule has 10 heteroatoms. The highest BCUT2D eigenvalue weighted by Gasteiger charge is 2.24. The first-order chi connectivity index (χ1) is 17.6. The first-order valence-electron chi connectivity index (χ1n) is 11.5. The summed E-state index contributed by atoms with van der Waals surface area (Å²) in [6.45, 7) is 4.94. The van der Waals surface area contributed by atoms with E-state index in [1.54, 1.807) is 12.1 Å². The van der Waals surface area contributed by atoms with Crippen LogP contribution < -0.4 is 16.2 Å². The van der Waals surface area contributed by atoms with Crippen molar-refractivity contribution in [1.82, 2.24) is 20.2 Å². The standard InChI is InChI=1S/C26H26N5O4P/c1-3-34-36(35-4-2)20-14-12-19(13-15-20)23(18-9-6-5-7-10-18)26(33)29-22-17-27-24(30-25(22)32)21-11-8-16-28-31-21/h5-17,23H,3-4H2,1-2H3,(H,29,33)(H,27,30,32). The highest BCUT2D eigenvalue weighted by atomic mass is 31.2. The maximum Gasteiger partial charge on any atom is 0.274 e. The highest BCUT2D eigenvalue weighted by molar-refractivity contribution is 7.56. The van der Waals surface area contributed by atoms with Crippen molar-refractivity contribution in [2.45, 2.75) is 19.8 Å². The highest BCUT2D eigenvalue weighted by Crippen LogP contribution is 2.37. The van der Waals surface area contributed by atoms with Crippen LogP contribution in [0.2, 0.25) is 0 Å². The Morgan fingerprint density at radius 2 is 1.67 bits per heavy atom. The average Bonchev–Trinajstić information content (AvgIpc) is 2.91. The van der Waals surface area contributed by atoms with Gasteiger partial charge in [0.05, 0.1) is 25.3 Å². The van der Waals surface area contributed by atoms with E-state index in [9.17, 15) is 9.59 Å². The lowest BCUT2D eigenvalue weighted by Gasteiger charge is -2.20. The predicted molar refractivity (Wildman–Crippen MR) is 139 cm³/mol. The molecule has 4 aromatic rings. The number of nitrogens with one attached hydrogen (secondary N) is 2. The van der Waals surface area contributed by atoms with Crippen molar-refractivity contribution in [1.29, 1.82) is 0 Å². The Morgan fingerprint density at radius 3 is 2.28 bits per heavy atom. The molecule has 0 aliphatic heterocycles. The van der Waals surface area contributed by atoms with Gasteiger partial charge in [-0.2, -0.15) is 5.10 Å². The maximum absolute atomic E-state index is 13.5. The number of nitrogens with zero attached hydrogens (tertiary/aromatic N) is 3. The van der Waals surface area contributed by atoms with Crippen LogP contribution in [0, 0.1) is 0 Å². The van der Waals surface area contributed by atoms with Gasteiger partial charge in [-0.3, -0.25) is 9.59 Å². The van der Waals surface area contributed by atoms with Crippen LogP contribution in [-0.4, -0.2) is 39.3 Å². The number of H-pyrrole nitrogens is 1. The molecule has 36 heavy (non-hydrogen) atoms. The van der Waals surface area contributed by atoms with Crippen LogP contribution in [0.3, 0.4) is 0 Å². The normalized spacial score (nSPS) is 11.9. The molecule has 9 nitrogen and oxygen atoms in total. The number of hydrogen-bond donors (Lipinski definition) is 2. The number of benzene rings is 2. The Morgan fingerprint density at radius 1 is 0.972 bits per heavy atom. The Bertz CT molecular complexity index is 1330. The smallest absolute Gasteiger partial charge is 0.274 e. The minimum absolute atomic E-state index is 0.0430. The van der Waals surface area contributed by atoms with Crippen LogP contribution in [0.1, 0.15) is 30.9 Å². The number of amides is 1. The predicted octanol–water partition coefficient (Wildman–Crippen LogP) is 4.01. The molecule has 0 fully saturated rings. The zero-order chi connectivity index (χ0) is 25.3. The molecule has 2 aromatic heterocycles. The van der Waals surface area contributed by atoms with Crippen LogP contribution in [0.15, 0.2) is 83.9 Å². The number of hydrogen-bond acceptors (Lipinski definition) is 7. The molecule has 0 bridgehead atoms. The number of anilines is 1. The summed E-state index contributed by atoms with van der Waals surface area (Å²) in [4.78, 5) is 33.1. The van der Waals surface area contributed by atoms with Gasteiger partial charge in [0.25, 0.3) is 5.56 Å². The summed E-state index contributed by atoms with van der Waals surface area (Å²) in [6, 6.07) is 20.4.